The number of aryl methyl sites for hydroxylation is 1. The highest BCUT2D eigenvalue weighted by Crippen LogP contribution is 2.18. The lowest BCUT2D eigenvalue weighted by atomic mass is 10.2. The molecule has 98 valence electrons. The number of pyridine rings is 1. The quantitative estimate of drug-likeness (QED) is 0.782. The van der Waals surface area contributed by atoms with E-state index in [4.69, 9.17) is 0 Å². The Bertz CT molecular complexity index is 699. The molecule has 0 saturated heterocycles. The third-order valence-electron chi connectivity index (χ3n) is 2.57. The second kappa shape index (κ2) is 5.40. The average Bonchev–Trinajstić information content (AvgIpc) is 2.49. The van der Waals surface area contributed by atoms with E-state index in [0.29, 0.717) is 17.6 Å². The van der Waals surface area contributed by atoms with E-state index in [2.05, 4.69) is 30.2 Å². The first-order chi connectivity index (χ1) is 9.81. The second-order valence-corrected chi connectivity index (χ2v) is 4.10. The fourth-order valence-electron chi connectivity index (χ4n) is 1.76. The number of nitrogens with zero attached hydrogens (tertiary/aromatic N) is 5. The van der Waals surface area contributed by atoms with Crippen LogP contribution in [0.4, 0.5) is 11.8 Å². The van der Waals surface area contributed by atoms with Gasteiger partial charge in [0.25, 0.3) is 0 Å². The Morgan fingerprint density at radius 2 is 1.65 bits per heavy atom. The molecule has 0 bridgehead atoms. The average molecular weight is 264 g/mol. The molecule has 0 atom stereocenters. The largest absolute Gasteiger partial charge is 0.309 e. The van der Waals surface area contributed by atoms with E-state index >= 15 is 0 Å². The van der Waals surface area contributed by atoms with E-state index in [0.717, 1.165) is 11.4 Å². The van der Waals surface area contributed by atoms with Crippen molar-refractivity contribution >= 4 is 11.8 Å². The summed E-state index contributed by atoms with van der Waals surface area (Å²) in [6, 6.07) is 9.29. The van der Waals surface area contributed by atoms with Gasteiger partial charge in [0.2, 0.25) is 5.95 Å². The monoisotopic (exact) mass is 264 g/mol. The maximum atomic E-state index is 4.39. The normalized spacial score (nSPS) is 10.2. The van der Waals surface area contributed by atoms with E-state index in [1.54, 1.807) is 24.7 Å². The molecule has 3 aromatic heterocycles. The predicted molar refractivity (Wildman–Crippen MR) is 75.3 cm³/mol. The standard InChI is InChI=1S/C14H12N6/c1-10-18-12(11-5-2-3-6-15-11)9-13(19-10)20-14-16-7-4-8-17-14/h2-9H,1H3,(H,16,17,18,19,20). The molecule has 20 heavy (non-hydrogen) atoms. The molecule has 3 rings (SSSR count). The molecular weight excluding hydrogens is 252 g/mol. The van der Waals surface area contributed by atoms with E-state index in [1.807, 2.05) is 31.2 Å². The second-order valence-electron chi connectivity index (χ2n) is 4.10. The van der Waals surface area contributed by atoms with Crippen LogP contribution in [-0.2, 0) is 0 Å². The minimum atomic E-state index is 0.498. The molecule has 6 nitrogen and oxygen atoms in total. The molecule has 0 saturated carbocycles. The molecule has 0 aliphatic rings. The maximum Gasteiger partial charge on any atom is 0.228 e. The first-order valence-electron chi connectivity index (χ1n) is 6.12. The van der Waals surface area contributed by atoms with Crippen molar-refractivity contribution in [2.24, 2.45) is 0 Å². The topological polar surface area (TPSA) is 76.5 Å². The first-order valence-corrected chi connectivity index (χ1v) is 6.12. The Hall–Kier alpha value is -2.89. The van der Waals surface area contributed by atoms with Crippen LogP contribution < -0.4 is 5.32 Å². The molecule has 0 radical (unpaired) electrons. The summed E-state index contributed by atoms with van der Waals surface area (Å²) in [6.45, 7) is 1.84. The number of hydrogen-bond donors (Lipinski definition) is 1. The van der Waals surface area contributed by atoms with Crippen LogP contribution in [0.5, 0.6) is 0 Å². The van der Waals surface area contributed by atoms with Gasteiger partial charge in [-0.15, -0.1) is 0 Å². The van der Waals surface area contributed by atoms with Crippen molar-refractivity contribution in [3.05, 3.63) is 54.7 Å². The van der Waals surface area contributed by atoms with Gasteiger partial charge in [0.05, 0.1) is 11.4 Å². The highest BCUT2D eigenvalue weighted by molar-refractivity contribution is 5.60. The highest BCUT2D eigenvalue weighted by atomic mass is 15.1. The number of aromatic nitrogens is 5. The molecule has 3 heterocycles. The van der Waals surface area contributed by atoms with Crippen LogP contribution >= 0.6 is 0 Å². The van der Waals surface area contributed by atoms with Gasteiger partial charge >= 0.3 is 0 Å². The molecule has 0 aliphatic carbocycles. The highest BCUT2D eigenvalue weighted by Gasteiger charge is 2.06. The summed E-state index contributed by atoms with van der Waals surface area (Å²) in [6.07, 6.45) is 5.08. The Morgan fingerprint density at radius 1 is 0.850 bits per heavy atom. The van der Waals surface area contributed by atoms with Crippen LogP contribution in [0.15, 0.2) is 48.9 Å². The Balaban J connectivity index is 1.95. The molecule has 3 aromatic rings. The summed E-state index contributed by atoms with van der Waals surface area (Å²) in [5, 5.41) is 3.05. The smallest absolute Gasteiger partial charge is 0.228 e. The minimum Gasteiger partial charge on any atom is -0.309 e. The summed E-state index contributed by atoms with van der Waals surface area (Å²) in [5.74, 6) is 1.80. The number of rotatable bonds is 3. The maximum absolute atomic E-state index is 4.39. The van der Waals surface area contributed by atoms with E-state index in [1.165, 1.54) is 0 Å². The molecule has 1 N–H and O–H groups in total. The van der Waals surface area contributed by atoms with Gasteiger partial charge < -0.3 is 5.32 Å². The zero-order chi connectivity index (χ0) is 13.8. The number of anilines is 2. The molecule has 6 heteroatoms. The molecule has 0 fully saturated rings. The van der Waals surface area contributed by atoms with Crippen molar-refractivity contribution in [1.29, 1.82) is 0 Å². The van der Waals surface area contributed by atoms with E-state index in [9.17, 15) is 0 Å². The van der Waals surface area contributed by atoms with Gasteiger partial charge in [-0.2, -0.15) is 0 Å². The van der Waals surface area contributed by atoms with Crippen molar-refractivity contribution in [2.75, 3.05) is 5.32 Å². The molecule has 0 unspecified atom stereocenters. The van der Waals surface area contributed by atoms with Crippen molar-refractivity contribution in [3.63, 3.8) is 0 Å². The summed E-state index contributed by atoms with van der Waals surface area (Å²) < 4.78 is 0. The van der Waals surface area contributed by atoms with Crippen LogP contribution in [0.25, 0.3) is 11.4 Å². The first kappa shape index (κ1) is 12.2. The summed E-state index contributed by atoms with van der Waals surface area (Å²) >= 11 is 0. The van der Waals surface area contributed by atoms with Gasteiger partial charge in [0.1, 0.15) is 11.6 Å². The van der Waals surface area contributed by atoms with Crippen LogP contribution in [0.1, 0.15) is 5.82 Å². The lowest BCUT2D eigenvalue weighted by Gasteiger charge is -2.06. The molecule has 0 amide bonds. The van der Waals surface area contributed by atoms with Crippen LogP contribution in [0.2, 0.25) is 0 Å². The SMILES string of the molecule is Cc1nc(Nc2ncccn2)cc(-c2ccccn2)n1. The Kier molecular flexibility index (Phi) is 3.28. The molecular formula is C14H12N6. The number of nitrogens with one attached hydrogen (secondary N) is 1. The third kappa shape index (κ3) is 2.74. The van der Waals surface area contributed by atoms with Gasteiger partial charge in [-0.05, 0) is 25.1 Å². The van der Waals surface area contributed by atoms with Crippen LogP contribution in [0, 0.1) is 6.92 Å². The van der Waals surface area contributed by atoms with Gasteiger partial charge in [-0.3, -0.25) is 4.98 Å². The van der Waals surface area contributed by atoms with Gasteiger partial charge in [-0.25, -0.2) is 19.9 Å². The van der Waals surface area contributed by atoms with Gasteiger partial charge in [0, 0.05) is 24.7 Å². The van der Waals surface area contributed by atoms with E-state index < -0.39 is 0 Å². The minimum absolute atomic E-state index is 0.498. The molecule has 0 aromatic carbocycles. The summed E-state index contributed by atoms with van der Waals surface area (Å²) in [5.41, 5.74) is 1.56. The summed E-state index contributed by atoms with van der Waals surface area (Å²) in [4.78, 5) is 21.2. The lowest BCUT2D eigenvalue weighted by molar-refractivity contribution is 1.04. The zero-order valence-corrected chi connectivity index (χ0v) is 10.9. The zero-order valence-electron chi connectivity index (χ0n) is 10.9. The lowest BCUT2D eigenvalue weighted by Crippen LogP contribution is -2.01. The Morgan fingerprint density at radius 3 is 2.40 bits per heavy atom. The third-order valence-corrected chi connectivity index (χ3v) is 2.57. The Labute approximate surface area is 116 Å². The number of hydrogen-bond acceptors (Lipinski definition) is 6. The van der Waals surface area contributed by atoms with Gasteiger partial charge in [-0.1, -0.05) is 6.07 Å². The van der Waals surface area contributed by atoms with Gasteiger partial charge in [0.15, 0.2) is 0 Å². The van der Waals surface area contributed by atoms with E-state index in [-0.39, 0.29) is 0 Å². The molecule has 0 spiro atoms. The van der Waals surface area contributed by atoms with Crippen LogP contribution in [-0.4, -0.2) is 24.9 Å². The predicted octanol–water partition coefficient (Wildman–Crippen LogP) is 2.38. The van der Waals surface area contributed by atoms with Crippen molar-refractivity contribution in [3.8, 4) is 11.4 Å². The van der Waals surface area contributed by atoms with Crippen LogP contribution in [0.3, 0.4) is 0 Å². The van der Waals surface area contributed by atoms with Crippen molar-refractivity contribution in [1.82, 2.24) is 24.9 Å². The fraction of sp³-hybridized carbons (Fsp3) is 0.0714. The summed E-state index contributed by atoms with van der Waals surface area (Å²) in [7, 11) is 0. The molecule has 0 aliphatic heterocycles. The van der Waals surface area contributed by atoms with Crippen molar-refractivity contribution in [2.45, 2.75) is 6.92 Å². The van der Waals surface area contributed by atoms with Crippen molar-refractivity contribution < 1.29 is 0 Å². The fourth-order valence-corrected chi connectivity index (χ4v) is 1.76.